The molecule has 2 fully saturated rings. The molecule has 6 aromatic rings. The molecule has 2 aliphatic rings. The second kappa shape index (κ2) is 22.2. The van der Waals surface area contributed by atoms with Gasteiger partial charge in [-0.25, -0.2) is 16.8 Å². The van der Waals surface area contributed by atoms with Gasteiger partial charge in [0.25, 0.3) is 0 Å². The lowest BCUT2D eigenvalue weighted by Gasteiger charge is -2.35. The first-order chi connectivity index (χ1) is 33.6. The third-order valence-electron chi connectivity index (χ3n) is 13.0. The van der Waals surface area contributed by atoms with Crippen molar-refractivity contribution in [2.24, 2.45) is 11.8 Å². The molecule has 2 N–H and O–H groups in total. The molecule has 2 saturated carbocycles. The maximum absolute atomic E-state index is 13.5. The average molecular weight is 1000 g/mol. The van der Waals surface area contributed by atoms with Crippen LogP contribution in [0.15, 0.2) is 73.3 Å². The van der Waals surface area contributed by atoms with Crippen molar-refractivity contribution in [3.8, 4) is 57.1 Å². The van der Waals surface area contributed by atoms with Crippen LogP contribution in [0.5, 0.6) is 23.0 Å². The van der Waals surface area contributed by atoms with Crippen LogP contribution >= 0.6 is 0 Å². The average Bonchev–Trinajstić information content (AvgIpc) is 3.93. The van der Waals surface area contributed by atoms with Gasteiger partial charge in [0, 0.05) is 50.1 Å². The van der Waals surface area contributed by atoms with E-state index in [0.717, 1.165) is 49.7 Å². The molecule has 4 atom stereocenters. The van der Waals surface area contributed by atoms with Gasteiger partial charge in [0.15, 0.2) is 11.6 Å². The topological polar surface area (TPSA) is 235 Å². The number of hydrogen-bond donors (Lipinski definition) is 2. The molecule has 2 aromatic carbocycles. The second-order valence-corrected chi connectivity index (χ2v) is 21.5. The van der Waals surface area contributed by atoms with Crippen LogP contribution < -0.4 is 28.4 Å². The quantitative estimate of drug-likeness (QED) is 0.0769. The van der Waals surface area contributed by atoms with Gasteiger partial charge in [-0.3, -0.25) is 28.5 Å². The minimum Gasteiger partial charge on any atom is -0.494 e. The molecule has 376 valence electrons. The molecule has 0 amide bonds. The zero-order chi connectivity index (χ0) is 50.3. The Morgan fingerprint density at radius 3 is 1.16 bits per heavy atom. The maximum Gasteiger partial charge on any atom is 0.243 e. The molecule has 70 heavy (non-hydrogen) atoms. The van der Waals surface area contributed by atoms with Gasteiger partial charge in [0.05, 0.1) is 40.6 Å². The van der Waals surface area contributed by atoms with Crippen LogP contribution in [0.4, 0.5) is 11.9 Å². The van der Waals surface area contributed by atoms with E-state index in [1.165, 1.54) is 28.4 Å². The van der Waals surface area contributed by atoms with Gasteiger partial charge in [0.1, 0.15) is 44.9 Å². The molecule has 0 aliphatic heterocycles. The summed E-state index contributed by atoms with van der Waals surface area (Å²) < 4.78 is 96.1. The van der Waals surface area contributed by atoms with Crippen LogP contribution in [-0.2, 0) is 29.5 Å². The molecule has 20 nitrogen and oxygen atoms in total. The van der Waals surface area contributed by atoms with Crippen molar-refractivity contribution < 1.29 is 45.3 Å². The highest BCUT2D eigenvalue weighted by Gasteiger charge is 2.40. The van der Waals surface area contributed by atoms with Crippen molar-refractivity contribution in [2.45, 2.75) is 88.9 Å². The summed E-state index contributed by atoms with van der Waals surface area (Å²) in [5, 5.41) is 15.5. The van der Waals surface area contributed by atoms with Crippen LogP contribution in [0.1, 0.15) is 63.5 Å². The summed E-state index contributed by atoms with van der Waals surface area (Å²) in [7, 11) is 1.46. The summed E-state index contributed by atoms with van der Waals surface area (Å²) in [6, 6.07) is 14.4. The molecular formula is C48H62N10O10S2. The highest BCUT2D eigenvalue weighted by atomic mass is 32.2. The Morgan fingerprint density at radius 1 is 0.543 bits per heavy atom. The van der Waals surface area contributed by atoms with Crippen molar-refractivity contribution in [1.82, 2.24) is 39.5 Å². The molecule has 8 rings (SSSR count). The monoisotopic (exact) mass is 1000 g/mol. The van der Waals surface area contributed by atoms with Gasteiger partial charge in [-0.1, -0.05) is 25.0 Å². The van der Waals surface area contributed by atoms with Crippen molar-refractivity contribution in [1.29, 1.82) is 0 Å². The van der Waals surface area contributed by atoms with E-state index in [4.69, 9.17) is 28.4 Å². The van der Waals surface area contributed by atoms with Crippen LogP contribution in [0, 0.1) is 25.7 Å². The number of methoxy groups -OCH3 is 6. The number of aromatic nitrogens is 8. The van der Waals surface area contributed by atoms with Crippen molar-refractivity contribution in [3.05, 3.63) is 84.4 Å². The summed E-state index contributed by atoms with van der Waals surface area (Å²) >= 11 is 0. The normalized spacial score (nSPS) is 15.8. The zero-order valence-corrected chi connectivity index (χ0v) is 42.7. The Morgan fingerprint density at radius 2 is 0.886 bits per heavy atom. The number of benzene rings is 2. The number of rotatable bonds is 20. The molecule has 22 heteroatoms. The van der Waals surface area contributed by atoms with Gasteiger partial charge in [0.2, 0.25) is 31.9 Å². The third kappa shape index (κ3) is 10.7. The first kappa shape index (κ1) is 51.5. The smallest absolute Gasteiger partial charge is 0.243 e. The number of aryl methyl sites for hydroxylation is 2. The number of pyridine rings is 2. The minimum atomic E-state index is -3.89. The van der Waals surface area contributed by atoms with Gasteiger partial charge < -0.3 is 28.4 Å². The summed E-state index contributed by atoms with van der Waals surface area (Å²) in [6.45, 7) is 7.14. The third-order valence-corrected chi connectivity index (χ3v) is 16.4. The van der Waals surface area contributed by atoms with E-state index in [1.54, 1.807) is 98.4 Å². The van der Waals surface area contributed by atoms with Crippen LogP contribution in [0.3, 0.4) is 0 Å². The predicted octanol–water partition coefficient (Wildman–Crippen LogP) is 7.20. The highest BCUT2D eigenvalue weighted by molar-refractivity contribution is 7.93. The molecule has 2 aliphatic carbocycles. The summed E-state index contributed by atoms with van der Waals surface area (Å²) in [5.74, 6) is 3.08. The highest BCUT2D eigenvalue weighted by Crippen LogP contribution is 2.41. The Kier molecular flexibility index (Phi) is 16.3. The summed E-state index contributed by atoms with van der Waals surface area (Å²) in [5.41, 5.74) is 4.09. The van der Waals surface area contributed by atoms with E-state index >= 15 is 0 Å². The zero-order valence-electron chi connectivity index (χ0n) is 41.1. The fourth-order valence-electron chi connectivity index (χ4n) is 8.82. The largest absolute Gasteiger partial charge is 0.494 e. The lowest BCUT2D eigenvalue weighted by molar-refractivity contribution is 0.0194. The molecule has 0 radical (unpaired) electrons. The molecule has 0 spiro atoms. The van der Waals surface area contributed by atoms with E-state index in [9.17, 15) is 16.8 Å². The number of ether oxygens (including phenoxy) is 6. The number of anilines is 2. The number of nitrogens with zero attached hydrogens (tertiary/aromatic N) is 8. The molecule has 4 aromatic heterocycles. The molecule has 0 unspecified atom stereocenters. The van der Waals surface area contributed by atoms with Crippen LogP contribution in [0.25, 0.3) is 34.2 Å². The maximum atomic E-state index is 13.5. The predicted molar refractivity (Wildman–Crippen MR) is 265 cm³/mol. The number of nitrogens with one attached hydrogen (secondary N) is 2. The number of para-hydroxylation sites is 2. The Balaban J connectivity index is 0.000000206. The number of hydrogen-bond acceptors (Lipinski definition) is 16. The number of sulfonamides is 2. The Labute approximate surface area is 409 Å². The van der Waals surface area contributed by atoms with Gasteiger partial charge in [-0.15, -0.1) is 20.4 Å². The molecule has 0 bridgehead atoms. The second-order valence-electron chi connectivity index (χ2n) is 17.4. The fourth-order valence-corrected chi connectivity index (χ4v) is 11.3. The first-order valence-electron chi connectivity index (χ1n) is 22.9. The van der Waals surface area contributed by atoms with Gasteiger partial charge in [-0.05, 0) is 113 Å². The SMILES string of the molecule is COc1cccc(OC)c1-n1c(NS(=O)(=O)[C@@H](C)[C@@H](OC)C2CCC2)nnc1-c1cncc(C)c1.COc1cccc(OC)c1-n1c(NS(=O)(=O)[C@H](C)[C@@H](OC)C2CCC2)nnc1-c1cncc(C)c1. The Hall–Kier alpha value is -6.36. The molecule has 4 heterocycles. The van der Waals surface area contributed by atoms with Gasteiger partial charge >= 0.3 is 0 Å². The first-order valence-corrected chi connectivity index (χ1v) is 26.0. The van der Waals surface area contributed by atoms with E-state index in [1.807, 2.05) is 26.0 Å². The van der Waals surface area contributed by atoms with E-state index in [0.29, 0.717) is 57.1 Å². The minimum absolute atomic E-state index is 0.0135. The van der Waals surface area contributed by atoms with Crippen molar-refractivity contribution in [2.75, 3.05) is 52.1 Å². The van der Waals surface area contributed by atoms with Crippen molar-refractivity contribution in [3.63, 3.8) is 0 Å². The summed E-state index contributed by atoms with van der Waals surface area (Å²) in [4.78, 5) is 8.53. The Bertz CT molecular complexity index is 2730. The summed E-state index contributed by atoms with van der Waals surface area (Å²) in [6.07, 6.45) is 11.9. The lowest BCUT2D eigenvalue weighted by atomic mass is 9.80. The standard InChI is InChI=1S/2C24H31N5O5S/c2*1-15-12-18(14-25-13-15)23-26-27-24(29(23)21-19(32-3)10-7-11-20(21)33-4)28-35(30,31)16(2)22(34-5)17-8-6-9-17/h2*7,10-14,16-17,22H,6,8-9H2,1-5H3,(H,27,28)/t16-,22+;16-,22-/m01/s1. The van der Waals surface area contributed by atoms with E-state index in [-0.39, 0.29) is 23.7 Å². The van der Waals surface area contributed by atoms with E-state index < -0.39 is 42.8 Å². The van der Waals surface area contributed by atoms with Crippen molar-refractivity contribution >= 4 is 31.9 Å². The van der Waals surface area contributed by atoms with Gasteiger partial charge in [-0.2, -0.15) is 0 Å². The van der Waals surface area contributed by atoms with Crippen LogP contribution in [-0.4, -0.2) is 122 Å². The lowest BCUT2D eigenvalue weighted by Crippen LogP contribution is -2.43. The fraction of sp³-hybridized carbons (Fsp3) is 0.458. The van der Waals surface area contributed by atoms with E-state index in [2.05, 4.69) is 39.8 Å². The van der Waals surface area contributed by atoms with Crippen LogP contribution in [0.2, 0.25) is 0 Å². The molecular weight excluding hydrogens is 941 g/mol. The molecule has 0 saturated heterocycles.